The highest BCUT2D eigenvalue weighted by Gasteiger charge is 2.33. The lowest BCUT2D eigenvalue weighted by molar-refractivity contribution is -0.143. The van der Waals surface area contributed by atoms with Crippen LogP contribution in [0.25, 0.3) is 6.08 Å². The Labute approximate surface area is 225 Å². The summed E-state index contributed by atoms with van der Waals surface area (Å²) in [5.41, 5.74) is 3.65. The van der Waals surface area contributed by atoms with E-state index in [9.17, 15) is 9.59 Å². The van der Waals surface area contributed by atoms with Gasteiger partial charge in [-0.05, 0) is 81.5 Å². The van der Waals surface area contributed by atoms with Crippen LogP contribution in [0.15, 0.2) is 69.6 Å². The first-order valence-electron chi connectivity index (χ1n) is 12.7. The third-order valence-corrected chi connectivity index (χ3v) is 7.92. The van der Waals surface area contributed by atoms with Gasteiger partial charge in [0, 0.05) is 23.8 Å². The van der Waals surface area contributed by atoms with Crippen LogP contribution in [0.2, 0.25) is 5.02 Å². The summed E-state index contributed by atoms with van der Waals surface area (Å²) in [6.07, 6.45) is 5.35. The topological polar surface area (TPSA) is 63.9 Å². The minimum Gasteiger partial charge on any atom is -0.459 e. The summed E-state index contributed by atoms with van der Waals surface area (Å²) in [5, 5.41) is 0.580. The summed E-state index contributed by atoms with van der Waals surface area (Å²) >= 11 is 7.46. The Morgan fingerprint density at radius 2 is 1.76 bits per heavy atom. The molecule has 192 valence electrons. The zero-order valence-electron chi connectivity index (χ0n) is 21.2. The summed E-state index contributed by atoms with van der Waals surface area (Å²) < 4.78 is 7.71. The number of anilines is 1. The first-order valence-corrected chi connectivity index (χ1v) is 13.9. The maximum Gasteiger partial charge on any atom is 0.338 e. The maximum absolute atomic E-state index is 13.8. The van der Waals surface area contributed by atoms with E-state index in [0.717, 1.165) is 24.2 Å². The summed E-state index contributed by atoms with van der Waals surface area (Å²) in [7, 11) is 0. The highest BCUT2D eigenvalue weighted by Crippen LogP contribution is 2.31. The fourth-order valence-corrected chi connectivity index (χ4v) is 6.08. The molecule has 0 N–H and O–H groups in total. The van der Waals surface area contributed by atoms with Crippen molar-refractivity contribution in [1.82, 2.24) is 4.57 Å². The van der Waals surface area contributed by atoms with E-state index < -0.39 is 12.0 Å². The monoisotopic (exact) mass is 535 g/mol. The van der Waals surface area contributed by atoms with Crippen molar-refractivity contribution >= 4 is 40.7 Å². The molecule has 3 aromatic rings. The van der Waals surface area contributed by atoms with Crippen LogP contribution in [0, 0.1) is 0 Å². The molecule has 0 bridgehead atoms. The van der Waals surface area contributed by atoms with E-state index in [4.69, 9.17) is 16.3 Å². The molecule has 0 radical (unpaired) electrons. The molecule has 1 atom stereocenters. The van der Waals surface area contributed by atoms with Gasteiger partial charge in [-0.1, -0.05) is 47.2 Å². The number of allylic oxidation sites excluding steroid dienone is 1. The average Bonchev–Trinajstić information content (AvgIpc) is 3.18. The highest BCUT2D eigenvalue weighted by molar-refractivity contribution is 7.07. The number of rotatable bonds is 5. The van der Waals surface area contributed by atoms with Crippen molar-refractivity contribution in [2.75, 3.05) is 18.0 Å². The first-order chi connectivity index (χ1) is 17.8. The summed E-state index contributed by atoms with van der Waals surface area (Å²) in [4.78, 5) is 34.5. The van der Waals surface area contributed by atoms with Gasteiger partial charge in [0.1, 0.15) is 0 Å². The molecular weight excluding hydrogens is 506 g/mol. The van der Waals surface area contributed by atoms with Gasteiger partial charge in [0.05, 0.1) is 27.9 Å². The Hall–Kier alpha value is -3.16. The third-order valence-electron chi connectivity index (χ3n) is 6.68. The third kappa shape index (κ3) is 5.29. The van der Waals surface area contributed by atoms with E-state index >= 15 is 0 Å². The molecule has 0 amide bonds. The van der Waals surface area contributed by atoms with E-state index in [1.807, 2.05) is 18.2 Å². The van der Waals surface area contributed by atoms with Crippen LogP contribution >= 0.6 is 22.9 Å². The number of carbonyl (C=O) groups excluding carboxylic acids is 1. The number of thiazole rings is 1. The Bertz CT molecular complexity index is 1510. The number of hydrogen-bond acceptors (Lipinski definition) is 6. The zero-order valence-corrected chi connectivity index (χ0v) is 22.8. The van der Waals surface area contributed by atoms with E-state index in [2.05, 4.69) is 34.2 Å². The molecule has 6 nitrogen and oxygen atoms in total. The predicted octanol–water partition coefficient (Wildman–Crippen LogP) is 4.83. The van der Waals surface area contributed by atoms with Crippen LogP contribution in [-0.4, -0.2) is 29.7 Å². The van der Waals surface area contributed by atoms with Gasteiger partial charge in [-0.15, -0.1) is 0 Å². The second kappa shape index (κ2) is 10.7. The largest absolute Gasteiger partial charge is 0.459 e. The molecule has 0 aliphatic carbocycles. The van der Waals surface area contributed by atoms with Crippen molar-refractivity contribution in [3.05, 3.63) is 95.6 Å². The molecule has 0 unspecified atom stereocenters. The molecule has 0 saturated carbocycles. The highest BCUT2D eigenvalue weighted by atomic mass is 35.5. The van der Waals surface area contributed by atoms with Crippen LogP contribution in [0.1, 0.15) is 57.2 Å². The van der Waals surface area contributed by atoms with Crippen LogP contribution < -0.4 is 19.8 Å². The Balaban J connectivity index is 1.58. The number of fused-ring (bicyclic) bond motifs is 1. The summed E-state index contributed by atoms with van der Waals surface area (Å²) in [6.45, 7) is 7.57. The summed E-state index contributed by atoms with van der Waals surface area (Å²) in [5.74, 6) is -0.473. The van der Waals surface area contributed by atoms with Gasteiger partial charge >= 0.3 is 5.97 Å². The number of benzene rings is 2. The van der Waals surface area contributed by atoms with Crippen LogP contribution in [-0.2, 0) is 9.53 Å². The van der Waals surface area contributed by atoms with Gasteiger partial charge in [-0.2, -0.15) is 0 Å². The van der Waals surface area contributed by atoms with Crippen LogP contribution in [0.4, 0.5) is 5.69 Å². The molecule has 5 rings (SSSR count). The lowest BCUT2D eigenvalue weighted by atomic mass is 9.96. The second-order valence-electron chi connectivity index (χ2n) is 9.73. The van der Waals surface area contributed by atoms with Gasteiger partial charge in [-0.3, -0.25) is 9.36 Å². The van der Waals surface area contributed by atoms with E-state index in [-0.39, 0.29) is 11.7 Å². The number of piperidine rings is 1. The molecule has 2 aromatic carbocycles. The van der Waals surface area contributed by atoms with Crippen molar-refractivity contribution in [3.63, 3.8) is 0 Å². The number of esters is 1. The van der Waals surface area contributed by atoms with Gasteiger partial charge in [-0.25, -0.2) is 9.79 Å². The van der Waals surface area contributed by atoms with Crippen molar-refractivity contribution in [1.29, 1.82) is 0 Å². The van der Waals surface area contributed by atoms with Gasteiger partial charge in [0.15, 0.2) is 4.80 Å². The number of ether oxygens (including phenoxy) is 1. The SMILES string of the molecule is CC1=C(C(=O)OC(C)C)[C@@H](c2ccc(Cl)cc2)n2c(s/c(=C/c3ccc(N4CCCCC4)cc3)c2=O)=N1. The van der Waals surface area contributed by atoms with Gasteiger partial charge < -0.3 is 9.64 Å². The van der Waals surface area contributed by atoms with Crippen LogP contribution in [0.3, 0.4) is 0 Å². The van der Waals surface area contributed by atoms with E-state index in [0.29, 0.717) is 25.6 Å². The molecule has 1 saturated heterocycles. The predicted molar refractivity (Wildman–Crippen MR) is 149 cm³/mol. The van der Waals surface area contributed by atoms with Crippen molar-refractivity contribution in [3.8, 4) is 0 Å². The average molecular weight is 536 g/mol. The normalized spacial score (nSPS) is 18.1. The van der Waals surface area contributed by atoms with Crippen molar-refractivity contribution in [2.24, 2.45) is 4.99 Å². The second-order valence-corrected chi connectivity index (χ2v) is 11.2. The molecule has 2 aliphatic rings. The number of hydrogen-bond donors (Lipinski definition) is 0. The van der Waals surface area contributed by atoms with Gasteiger partial charge in [0.2, 0.25) is 0 Å². The molecule has 37 heavy (non-hydrogen) atoms. The number of halogens is 1. The lowest BCUT2D eigenvalue weighted by Crippen LogP contribution is -2.40. The molecule has 1 aromatic heterocycles. The number of carbonyl (C=O) groups is 1. The van der Waals surface area contributed by atoms with E-state index in [1.54, 1.807) is 37.5 Å². The molecule has 1 fully saturated rings. The quantitative estimate of drug-likeness (QED) is 0.439. The molecule has 3 heterocycles. The fraction of sp³-hybridized carbons (Fsp3) is 0.345. The Morgan fingerprint density at radius 1 is 1.08 bits per heavy atom. The minimum atomic E-state index is -0.650. The van der Waals surface area contributed by atoms with Crippen molar-refractivity contribution in [2.45, 2.75) is 52.2 Å². The fourth-order valence-electron chi connectivity index (χ4n) is 4.91. The Morgan fingerprint density at radius 3 is 2.41 bits per heavy atom. The smallest absolute Gasteiger partial charge is 0.338 e. The summed E-state index contributed by atoms with van der Waals surface area (Å²) in [6, 6.07) is 14.9. The van der Waals surface area contributed by atoms with E-state index in [1.165, 1.54) is 36.3 Å². The standard InChI is InChI=1S/C29H30ClN3O3S/c1-18(2)36-28(35)25-19(3)31-29-33(26(25)21-9-11-22(30)12-10-21)27(34)24(37-29)17-20-7-13-23(14-8-20)32-15-5-4-6-16-32/h7-14,17-18,26H,4-6,15-16H2,1-3H3/b24-17+/t26-/m1/s1. The zero-order chi connectivity index (χ0) is 26.1. The molecule has 8 heteroatoms. The molecule has 0 spiro atoms. The Kier molecular flexibility index (Phi) is 7.36. The van der Waals surface area contributed by atoms with Crippen molar-refractivity contribution < 1.29 is 9.53 Å². The maximum atomic E-state index is 13.8. The molecular formula is C29H30ClN3O3S. The first kappa shape index (κ1) is 25.5. The number of nitrogens with zero attached hydrogens (tertiary/aromatic N) is 3. The van der Waals surface area contributed by atoms with Crippen LogP contribution in [0.5, 0.6) is 0 Å². The van der Waals surface area contributed by atoms with Gasteiger partial charge in [0.25, 0.3) is 5.56 Å². The lowest BCUT2D eigenvalue weighted by Gasteiger charge is -2.28. The minimum absolute atomic E-state index is 0.189. The number of aromatic nitrogens is 1. The molecule has 2 aliphatic heterocycles.